The Bertz CT molecular complexity index is 336. The van der Waals surface area contributed by atoms with Crippen molar-refractivity contribution < 1.29 is 0 Å². The minimum Gasteiger partial charge on any atom is -0.352 e. The molecule has 0 aliphatic carbocycles. The van der Waals surface area contributed by atoms with Crippen LogP contribution in [0, 0.1) is 5.41 Å². The van der Waals surface area contributed by atoms with E-state index in [9.17, 15) is 0 Å². The molecule has 2 rings (SSSR count). The summed E-state index contributed by atoms with van der Waals surface area (Å²) in [5.41, 5.74) is 2.92. The van der Waals surface area contributed by atoms with Crippen LogP contribution >= 0.6 is 0 Å². The number of para-hydroxylation sites is 2. The van der Waals surface area contributed by atoms with Crippen LogP contribution in [-0.2, 0) is 0 Å². The molecule has 0 bridgehead atoms. The van der Waals surface area contributed by atoms with Gasteiger partial charge in [-0.2, -0.15) is 0 Å². The molecule has 1 aliphatic rings. The molecule has 0 spiro atoms. The summed E-state index contributed by atoms with van der Waals surface area (Å²) in [6.07, 6.45) is 0.440. The molecule has 1 aromatic rings. The van der Waals surface area contributed by atoms with Crippen LogP contribution in [0.2, 0.25) is 0 Å². The van der Waals surface area contributed by atoms with Gasteiger partial charge in [-0.1, -0.05) is 32.9 Å². The summed E-state index contributed by atoms with van der Waals surface area (Å²) in [6, 6.07) is 8.59. The molecule has 1 aliphatic heterocycles. The van der Waals surface area contributed by atoms with Crippen molar-refractivity contribution in [3.8, 4) is 0 Å². The zero-order valence-electron chi connectivity index (χ0n) is 10.3. The van der Waals surface area contributed by atoms with E-state index in [1.54, 1.807) is 0 Å². The van der Waals surface area contributed by atoms with Crippen molar-refractivity contribution in [2.45, 2.75) is 26.9 Å². The summed E-state index contributed by atoms with van der Waals surface area (Å²) in [5.74, 6) is 0. The fourth-order valence-electron chi connectivity index (χ4n) is 2.75. The molecular formula is C13H20N2. The SMILES string of the molecule is CN1c2ccccc2N(C)C1C(C)(C)C. The van der Waals surface area contributed by atoms with Crippen LogP contribution in [0.25, 0.3) is 0 Å². The average molecular weight is 204 g/mol. The van der Waals surface area contributed by atoms with Crippen molar-refractivity contribution in [1.29, 1.82) is 0 Å². The van der Waals surface area contributed by atoms with Gasteiger partial charge in [0.2, 0.25) is 0 Å². The highest BCUT2D eigenvalue weighted by Crippen LogP contribution is 2.42. The number of hydrogen-bond acceptors (Lipinski definition) is 2. The summed E-state index contributed by atoms with van der Waals surface area (Å²) in [6.45, 7) is 6.86. The van der Waals surface area contributed by atoms with Gasteiger partial charge in [-0.3, -0.25) is 0 Å². The lowest BCUT2D eigenvalue weighted by Crippen LogP contribution is -2.48. The van der Waals surface area contributed by atoms with Crippen molar-refractivity contribution in [1.82, 2.24) is 0 Å². The molecule has 1 aromatic carbocycles. The Balaban J connectivity index is 2.45. The highest BCUT2D eigenvalue weighted by Gasteiger charge is 2.38. The third kappa shape index (κ3) is 1.48. The second-order valence-electron chi connectivity index (χ2n) is 5.45. The van der Waals surface area contributed by atoms with Gasteiger partial charge in [0.25, 0.3) is 0 Å². The quantitative estimate of drug-likeness (QED) is 0.641. The summed E-state index contributed by atoms with van der Waals surface area (Å²) in [7, 11) is 4.36. The molecule has 0 saturated carbocycles. The normalized spacial score (nSPS) is 17.1. The average Bonchev–Trinajstić information content (AvgIpc) is 2.39. The second-order valence-corrected chi connectivity index (χ2v) is 5.45. The van der Waals surface area contributed by atoms with Gasteiger partial charge >= 0.3 is 0 Å². The Morgan fingerprint density at radius 2 is 1.33 bits per heavy atom. The molecule has 0 unspecified atom stereocenters. The first-order valence-corrected chi connectivity index (χ1v) is 5.47. The Hall–Kier alpha value is -1.18. The second kappa shape index (κ2) is 3.16. The van der Waals surface area contributed by atoms with Gasteiger partial charge in [0.1, 0.15) is 6.17 Å². The van der Waals surface area contributed by atoms with E-state index in [2.05, 4.69) is 68.9 Å². The number of nitrogens with zero attached hydrogens (tertiary/aromatic N) is 2. The first-order chi connectivity index (χ1) is 6.93. The summed E-state index contributed by atoms with van der Waals surface area (Å²) >= 11 is 0. The first kappa shape index (κ1) is 10.3. The fourth-order valence-corrected chi connectivity index (χ4v) is 2.75. The molecule has 0 atom stereocenters. The highest BCUT2D eigenvalue weighted by molar-refractivity contribution is 5.77. The summed E-state index contributed by atoms with van der Waals surface area (Å²) in [5, 5.41) is 0. The van der Waals surface area contributed by atoms with E-state index in [1.807, 2.05) is 0 Å². The molecule has 0 radical (unpaired) electrons. The molecule has 15 heavy (non-hydrogen) atoms. The Morgan fingerprint density at radius 1 is 0.933 bits per heavy atom. The summed E-state index contributed by atoms with van der Waals surface area (Å²) in [4.78, 5) is 4.74. The van der Waals surface area contributed by atoms with Crippen LogP contribution in [0.3, 0.4) is 0 Å². The highest BCUT2D eigenvalue weighted by atomic mass is 15.4. The van der Waals surface area contributed by atoms with Crippen LogP contribution in [0.4, 0.5) is 11.4 Å². The van der Waals surface area contributed by atoms with Gasteiger partial charge in [-0.15, -0.1) is 0 Å². The van der Waals surface area contributed by atoms with Crippen LogP contribution < -0.4 is 9.80 Å². The third-order valence-electron chi connectivity index (χ3n) is 3.15. The maximum Gasteiger partial charge on any atom is 0.106 e. The fraction of sp³-hybridized carbons (Fsp3) is 0.538. The van der Waals surface area contributed by atoms with Crippen LogP contribution in [-0.4, -0.2) is 20.3 Å². The zero-order valence-corrected chi connectivity index (χ0v) is 10.3. The number of anilines is 2. The molecule has 1 heterocycles. The zero-order chi connectivity index (χ0) is 11.2. The van der Waals surface area contributed by atoms with Crippen molar-refractivity contribution in [3.63, 3.8) is 0 Å². The summed E-state index contributed by atoms with van der Waals surface area (Å²) < 4.78 is 0. The molecule has 0 saturated heterocycles. The van der Waals surface area contributed by atoms with Crippen LogP contribution in [0.1, 0.15) is 20.8 Å². The van der Waals surface area contributed by atoms with E-state index in [-0.39, 0.29) is 5.41 Å². The van der Waals surface area contributed by atoms with E-state index in [4.69, 9.17) is 0 Å². The standard InChI is InChI=1S/C13H20N2/c1-13(2,3)12-14(4)10-8-6-7-9-11(10)15(12)5/h6-9,12H,1-5H3. The number of hydrogen-bond donors (Lipinski definition) is 0. The Morgan fingerprint density at radius 3 is 1.67 bits per heavy atom. The van der Waals surface area contributed by atoms with Gasteiger partial charge in [0.15, 0.2) is 0 Å². The maximum absolute atomic E-state index is 2.37. The van der Waals surface area contributed by atoms with Crippen molar-refractivity contribution in [2.75, 3.05) is 23.9 Å². The lowest BCUT2D eigenvalue weighted by molar-refractivity contribution is 0.317. The smallest absolute Gasteiger partial charge is 0.106 e. The molecule has 2 heteroatoms. The van der Waals surface area contributed by atoms with Crippen LogP contribution in [0.5, 0.6) is 0 Å². The molecule has 0 amide bonds. The molecule has 0 aromatic heterocycles. The van der Waals surface area contributed by atoms with Gasteiger partial charge in [0.05, 0.1) is 11.4 Å². The van der Waals surface area contributed by atoms with E-state index in [1.165, 1.54) is 11.4 Å². The number of benzene rings is 1. The van der Waals surface area contributed by atoms with Gasteiger partial charge in [-0.25, -0.2) is 0 Å². The Labute approximate surface area is 92.5 Å². The van der Waals surface area contributed by atoms with Crippen molar-refractivity contribution >= 4 is 11.4 Å². The number of fused-ring (bicyclic) bond motifs is 1. The predicted octanol–water partition coefficient (Wildman–Crippen LogP) is 2.94. The maximum atomic E-state index is 2.37. The lowest BCUT2D eigenvalue weighted by Gasteiger charge is -2.38. The molecule has 0 fully saturated rings. The van der Waals surface area contributed by atoms with Crippen LogP contribution in [0.15, 0.2) is 24.3 Å². The molecule has 82 valence electrons. The topological polar surface area (TPSA) is 6.48 Å². The van der Waals surface area contributed by atoms with Gasteiger partial charge < -0.3 is 9.80 Å². The first-order valence-electron chi connectivity index (χ1n) is 5.47. The molecule has 2 nitrogen and oxygen atoms in total. The van der Waals surface area contributed by atoms with E-state index in [0.29, 0.717) is 6.17 Å². The van der Waals surface area contributed by atoms with Gasteiger partial charge in [0, 0.05) is 19.5 Å². The molecule has 0 N–H and O–H groups in total. The minimum atomic E-state index is 0.252. The largest absolute Gasteiger partial charge is 0.352 e. The monoisotopic (exact) mass is 204 g/mol. The lowest BCUT2D eigenvalue weighted by atomic mass is 9.91. The van der Waals surface area contributed by atoms with E-state index in [0.717, 1.165) is 0 Å². The third-order valence-corrected chi connectivity index (χ3v) is 3.15. The minimum absolute atomic E-state index is 0.252. The van der Waals surface area contributed by atoms with Crippen molar-refractivity contribution in [3.05, 3.63) is 24.3 Å². The van der Waals surface area contributed by atoms with Gasteiger partial charge in [-0.05, 0) is 12.1 Å². The van der Waals surface area contributed by atoms with Crippen molar-refractivity contribution in [2.24, 2.45) is 5.41 Å². The van der Waals surface area contributed by atoms with E-state index < -0.39 is 0 Å². The Kier molecular flexibility index (Phi) is 2.18. The molecular weight excluding hydrogens is 184 g/mol. The predicted molar refractivity (Wildman–Crippen MR) is 66.5 cm³/mol. The number of rotatable bonds is 0. The van der Waals surface area contributed by atoms with E-state index >= 15 is 0 Å².